The number of hydrogen-bond acceptors (Lipinski definition) is 5. The quantitative estimate of drug-likeness (QED) is 0.248. The largest absolute Gasteiger partial charge is 0.385 e. The van der Waals surface area contributed by atoms with Crippen LogP contribution in [0.2, 0.25) is 0 Å². The van der Waals surface area contributed by atoms with Gasteiger partial charge in [0.05, 0.1) is 11.6 Å². The number of benzene rings is 2. The fraction of sp³-hybridized carbons (Fsp3) is 0.286. The molecule has 4 N–H and O–H groups in total. The van der Waals surface area contributed by atoms with Gasteiger partial charge in [0.15, 0.2) is 11.1 Å². The lowest BCUT2D eigenvalue weighted by Crippen LogP contribution is -2.69. The number of guanidine groups is 1. The molecule has 2 fully saturated rings. The summed E-state index contributed by atoms with van der Waals surface area (Å²) in [6, 6.07) is 12.4. The Labute approximate surface area is 237 Å². The monoisotopic (exact) mass is 603 g/mol. The number of amides is 4. The number of hydrogen-bond donors (Lipinski definition) is 4. The Morgan fingerprint density at radius 3 is 2.30 bits per heavy atom. The molecule has 204 valence electrons. The van der Waals surface area contributed by atoms with E-state index in [2.05, 4.69) is 25.9 Å². The van der Waals surface area contributed by atoms with Gasteiger partial charge in [0.1, 0.15) is 6.10 Å². The second-order valence-corrected chi connectivity index (χ2v) is 11.7. The summed E-state index contributed by atoms with van der Waals surface area (Å²) in [5.41, 5.74) is -0.909. The molecule has 0 radical (unpaired) electrons. The van der Waals surface area contributed by atoms with E-state index in [0.717, 1.165) is 20.3 Å². The molecule has 4 heterocycles. The Balaban J connectivity index is 1.71. The maximum absolute atomic E-state index is 14.6. The fourth-order valence-electron chi connectivity index (χ4n) is 7.39. The Morgan fingerprint density at radius 2 is 1.65 bits per heavy atom. The van der Waals surface area contributed by atoms with Crippen LogP contribution in [-0.2, 0) is 15.1 Å². The third-order valence-corrected chi connectivity index (χ3v) is 9.73. The van der Waals surface area contributed by atoms with Gasteiger partial charge in [0.2, 0.25) is 5.96 Å². The zero-order valence-corrected chi connectivity index (χ0v) is 23.7. The lowest BCUT2D eigenvalue weighted by molar-refractivity contribution is -0.151. The zero-order valence-electron chi connectivity index (χ0n) is 22.1. The molecule has 4 unspecified atom stereocenters. The molecule has 4 aromatic rings. The number of halogens is 1. The molecular formula is C28H26BrN7O4. The molecule has 1 aliphatic carbocycles. The molecule has 12 heteroatoms. The SMILES string of the molecule is CN1C(=O)N(C)C2(C1=O)c1[nH]c3ccccc3c1C(O)C1(C(=O)N(C)C(=N)N1C)C2c1c[nH]c2cc(Br)ccc12. The van der Waals surface area contributed by atoms with Crippen molar-refractivity contribution >= 4 is 61.5 Å². The first-order valence-corrected chi connectivity index (χ1v) is 13.5. The number of aromatic amines is 2. The molecule has 11 nitrogen and oxygen atoms in total. The molecule has 2 aromatic heterocycles. The van der Waals surface area contributed by atoms with E-state index in [-0.39, 0.29) is 5.96 Å². The van der Waals surface area contributed by atoms with Gasteiger partial charge in [-0.25, -0.2) is 4.79 Å². The van der Waals surface area contributed by atoms with Crippen molar-refractivity contribution < 1.29 is 19.5 Å². The summed E-state index contributed by atoms with van der Waals surface area (Å²) in [6.45, 7) is 0. The lowest BCUT2D eigenvalue weighted by Gasteiger charge is -2.54. The molecule has 2 saturated heterocycles. The Hall–Kier alpha value is -4.16. The second-order valence-electron chi connectivity index (χ2n) is 10.8. The highest BCUT2D eigenvalue weighted by molar-refractivity contribution is 9.10. The Kier molecular flexibility index (Phi) is 4.80. The van der Waals surface area contributed by atoms with E-state index >= 15 is 0 Å². The van der Waals surface area contributed by atoms with Gasteiger partial charge in [-0.05, 0) is 23.8 Å². The van der Waals surface area contributed by atoms with Crippen molar-refractivity contribution in [2.45, 2.75) is 23.1 Å². The third kappa shape index (κ3) is 2.50. The summed E-state index contributed by atoms with van der Waals surface area (Å²) >= 11 is 3.50. The summed E-state index contributed by atoms with van der Waals surface area (Å²) in [4.78, 5) is 54.5. The van der Waals surface area contributed by atoms with Crippen LogP contribution in [0, 0.1) is 5.41 Å². The minimum Gasteiger partial charge on any atom is -0.385 e. The van der Waals surface area contributed by atoms with Crippen molar-refractivity contribution in [2.75, 3.05) is 28.2 Å². The number of carbonyl (C=O) groups excluding carboxylic acids is 3. The number of likely N-dealkylation sites (N-methyl/N-ethyl adjacent to an activating group) is 4. The Morgan fingerprint density at radius 1 is 0.925 bits per heavy atom. The van der Waals surface area contributed by atoms with Crippen molar-refractivity contribution in [2.24, 2.45) is 0 Å². The van der Waals surface area contributed by atoms with E-state index in [4.69, 9.17) is 5.41 Å². The van der Waals surface area contributed by atoms with E-state index in [1.165, 1.54) is 28.8 Å². The number of urea groups is 1. The van der Waals surface area contributed by atoms with Crippen molar-refractivity contribution in [3.8, 4) is 0 Å². The highest BCUT2D eigenvalue weighted by atomic mass is 79.9. The van der Waals surface area contributed by atoms with Crippen molar-refractivity contribution in [1.29, 1.82) is 5.41 Å². The molecule has 3 aliphatic rings. The molecule has 2 spiro atoms. The van der Waals surface area contributed by atoms with E-state index in [0.29, 0.717) is 27.7 Å². The first-order valence-electron chi connectivity index (χ1n) is 12.7. The van der Waals surface area contributed by atoms with Crippen LogP contribution in [0.25, 0.3) is 21.8 Å². The average Bonchev–Trinajstić information content (AvgIpc) is 3.62. The fourth-order valence-corrected chi connectivity index (χ4v) is 7.75. The predicted molar refractivity (Wildman–Crippen MR) is 151 cm³/mol. The Bertz CT molecular complexity index is 1830. The van der Waals surface area contributed by atoms with E-state index in [1.54, 1.807) is 20.3 Å². The summed E-state index contributed by atoms with van der Waals surface area (Å²) < 4.78 is 0.832. The maximum atomic E-state index is 14.6. The zero-order chi connectivity index (χ0) is 28.5. The number of nitrogens with zero attached hydrogens (tertiary/aromatic N) is 4. The van der Waals surface area contributed by atoms with Crippen LogP contribution in [0.5, 0.6) is 0 Å². The number of nitrogens with one attached hydrogen (secondary N) is 3. The first kappa shape index (κ1) is 24.9. The number of rotatable bonds is 1. The van der Waals surface area contributed by atoms with E-state index in [9.17, 15) is 19.5 Å². The number of imide groups is 1. The smallest absolute Gasteiger partial charge is 0.327 e. The lowest BCUT2D eigenvalue weighted by atomic mass is 9.57. The van der Waals surface area contributed by atoms with E-state index in [1.807, 2.05) is 42.5 Å². The van der Waals surface area contributed by atoms with Crippen LogP contribution < -0.4 is 0 Å². The van der Waals surface area contributed by atoms with Gasteiger partial charge in [-0.2, -0.15) is 0 Å². The van der Waals surface area contributed by atoms with Gasteiger partial charge in [-0.15, -0.1) is 0 Å². The van der Waals surface area contributed by atoms with Gasteiger partial charge < -0.3 is 24.9 Å². The molecule has 4 atom stereocenters. The second kappa shape index (κ2) is 7.73. The van der Waals surface area contributed by atoms with Crippen LogP contribution in [0.15, 0.2) is 53.1 Å². The van der Waals surface area contributed by atoms with Crippen LogP contribution >= 0.6 is 15.9 Å². The molecule has 40 heavy (non-hydrogen) atoms. The topological polar surface area (TPSA) is 140 Å². The molecule has 0 saturated carbocycles. The molecule has 2 aliphatic heterocycles. The van der Waals surface area contributed by atoms with Gasteiger partial charge in [-0.3, -0.25) is 24.8 Å². The number of aliphatic hydroxyl groups is 1. The van der Waals surface area contributed by atoms with Gasteiger partial charge in [-0.1, -0.05) is 40.2 Å². The standard InChI is InChI=1S/C28H26BrN7O4/c1-33-24(39)28(35(3)25(33)30)20(16-12-31-18-11-13(29)9-10-14(16)18)27(23(38)34(2)26(40)36(27)4)21-19(22(28)37)15-7-5-6-8-17(15)32-21/h5-12,20,22,30-32,37H,1-4H3. The normalized spacial score (nSPS) is 28.4. The number of aromatic nitrogens is 2. The molecule has 7 rings (SSSR count). The number of fused-ring (bicyclic) bond motifs is 5. The van der Waals surface area contributed by atoms with E-state index < -0.39 is 40.9 Å². The van der Waals surface area contributed by atoms with Gasteiger partial charge in [0, 0.05) is 66.2 Å². The van der Waals surface area contributed by atoms with Crippen molar-refractivity contribution in [3.63, 3.8) is 0 Å². The van der Waals surface area contributed by atoms with Crippen LogP contribution in [0.3, 0.4) is 0 Å². The summed E-state index contributed by atoms with van der Waals surface area (Å²) in [6.07, 6.45) is 0.276. The summed E-state index contributed by atoms with van der Waals surface area (Å²) in [5.74, 6) is -2.32. The highest BCUT2D eigenvalue weighted by Gasteiger charge is 2.77. The van der Waals surface area contributed by atoms with Gasteiger partial charge >= 0.3 is 6.03 Å². The van der Waals surface area contributed by atoms with Crippen LogP contribution in [0.1, 0.15) is 28.8 Å². The number of para-hydroxylation sites is 1. The van der Waals surface area contributed by atoms with Gasteiger partial charge in [0.25, 0.3) is 11.8 Å². The predicted octanol–water partition coefficient (Wildman–Crippen LogP) is 3.04. The minimum atomic E-state index is -1.85. The number of H-pyrrole nitrogens is 2. The van der Waals surface area contributed by atoms with Crippen molar-refractivity contribution in [1.82, 2.24) is 29.6 Å². The average molecular weight is 604 g/mol. The summed E-state index contributed by atoms with van der Waals surface area (Å²) in [5, 5.41) is 22.6. The summed E-state index contributed by atoms with van der Waals surface area (Å²) in [7, 11) is 6.05. The molecule has 4 amide bonds. The molecule has 2 aromatic carbocycles. The third-order valence-electron chi connectivity index (χ3n) is 9.23. The maximum Gasteiger partial charge on any atom is 0.327 e. The van der Waals surface area contributed by atoms with Crippen LogP contribution in [-0.4, -0.2) is 92.2 Å². The molecular weight excluding hydrogens is 578 g/mol. The first-order chi connectivity index (χ1) is 19.0. The number of carbonyl (C=O) groups is 3. The number of aliphatic hydroxyl groups excluding tert-OH is 1. The van der Waals surface area contributed by atoms with Crippen molar-refractivity contribution in [3.05, 3.63) is 70.0 Å². The highest BCUT2D eigenvalue weighted by Crippen LogP contribution is 2.64. The minimum absolute atomic E-state index is 0.122. The van der Waals surface area contributed by atoms with Crippen LogP contribution in [0.4, 0.5) is 4.79 Å². The molecule has 0 bridgehead atoms.